The minimum absolute atomic E-state index is 0.173. The van der Waals surface area contributed by atoms with E-state index in [0.29, 0.717) is 12.5 Å². The highest BCUT2D eigenvalue weighted by molar-refractivity contribution is 5.54. The maximum absolute atomic E-state index is 11.0. The van der Waals surface area contributed by atoms with Crippen molar-refractivity contribution < 1.29 is 4.92 Å². The molecule has 2 aromatic rings. The average molecular weight is 284 g/mol. The van der Waals surface area contributed by atoms with E-state index in [1.54, 1.807) is 19.1 Å². The molecular weight excluding hydrogens is 264 g/mol. The second-order valence-electron chi connectivity index (χ2n) is 5.41. The zero-order valence-electron chi connectivity index (χ0n) is 12.6. The first kappa shape index (κ1) is 15.0. The number of nitro benzene ring substituents is 1. The highest BCUT2D eigenvalue weighted by Crippen LogP contribution is 2.26. The van der Waals surface area contributed by atoms with Crippen molar-refractivity contribution >= 4 is 11.4 Å². The van der Waals surface area contributed by atoms with Crippen LogP contribution in [0.3, 0.4) is 0 Å². The van der Waals surface area contributed by atoms with Crippen molar-refractivity contribution in [2.24, 2.45) is 0 Å². The fourth-order valence-corrected chi connectivity index (χ4v) is 2.41. The van der Waals surface area contributed by atoms with Gasteiger partial charge in [0, 0.05) is 23.9 Å². The molecule has 0 amide bonds. The fraction of sp³-hybridized carbons (Fsp3) is 0.294. The van der Waals surface area contributed by atoms with Gasteiger partial charge in [-0.2, -0.15) is 0 Å². The lowest BCUT2D eigenvalue weighted by Gasteiger charge is -2.15. The number of nitrogens with one attached hydrogen (secondary N) is 1. The quantitative estimate of drug-likeness (QED) is 0.643. The van der Waals surface area contributed by atoms with E-state index < -0.39 is 0 Å². The third kappa shape index (κ3) is 3.40. The zero-order chi connectivity index (χ0) is 15.4. The lowest BCUT2D eigenvalue weighted by molar-refractivity contribution is -0.385. The van der Waals surface area contributed by atoms with Crippen molar-refractivity contribution in [2.45, 2.75) is 33.2 Å². The van der Waals surface area contributed by atoms with Gasteiger partial charge in [-0.1, -0.05) is 44.2 Å². The number of para-hydroxylation sites is 1. The average Bonchev–Trinajstić information content (AvgIpc) is 2.46. The van der Waals surface area contributed by atoms with E-state index >= 15 is 0 Å². The second kappa shape index (κ2) is 6.39. The van der Waals surface area contributed by atoms with Gasteiger partial charge in [0.25, 0.3) is 5.69 Å². The van der Waals surface area contributed by atoms with E-state index in [4.69, 9.17) is 0 Å². The molecule has 0 aliphatic heterocycles. The summed E-state index contributed by atoms with van der Waals surface area (Å²) in [7, 11) is 0. The van der Waals surface area contributed by atoms with Gasteiger partial charge in [0.1, 0.15) is 0 Å². The molecule has 0 radical (unpaired) electrons. The van der Waals surface area contributed by atoms with E-state index in [1.165, 1.54) is 5.56 Å². The minimum Gasteiger partial charge on any atom is -0.381 e. The van der Waals surface area contributed by atoms with Crippen LogP contribution in [0.25, 0.3) is 0 Å². The summed E-state index contributed by atoms with van der Waals surface area (Å²) < 4.78 is 0. The summed E-state index contributed by atoms with van der Waals surface area (Å²) in [4.78, 5) is 10.6. The summed E-state index contributed by atoms with van der Waals surface area (Å²) in [5, 5.41) is 14.4. The molecular formula is C17H20N2O2. The first-order chi connectivity index (χ1) is 10.0. The van der Waals surface area contributed by atoms with Gasteiger partial charge < -0.3 is 5.32 Å². The summed E-state index contributed by atoms with van der Waals surface area (Å²) in [6.07, 6.45) is 0. The van der Waals surface area contributed by atoms with Crippen molar-refractivity contribution in [1.82, 2.24) is 0 Å². The summed E-state index contributed by atoms with van der Waals surface area (Å²) in [5.74, 6) is 0.430. The molecule has 21 heavy (non-hydrogen) atoms. The zero-order valence-corrected chi connectivity index (χ0v) is 12.6. The van der Waals surface area contributed by atoms with E-state index in [9.17, 15) is 10.1 Å². The molecule has 2 rings (SSSR count). The predicted octanol–water partition coefficient (Wildman–Crippen LogP) is 4.64. The summed E-state index contributed by atoms with van der Waals surface area (Å²) in [6, 6.07) is 13.4. The minimum atomic E-state index is -0.332. The second-order valence-corrected chi connectivity index (χ2v) is 5.41. The van der Waals surface area contributed by atoms with Crippen molar-refractivity contribution in [1.29, 1.82) is 0 Å². The molecule has 0 heterocycles. The molecule has 0 aliphatic carbocycles. The van der Waals surface area contributed by atoms with E-state index in [0.717, 1.165) is 16.8 Å². The lowest BCUT2D eigenvalue weighted by Crippen LogP contribution is -2.05. The largest absolute Gasteiger partial charge is 0.381 e. The van der Waals surface area contributed by atoms with Crippen LogP contribution in [0.1, 0.15) is 36.5 Å². The van der Waals surface area contributed by atoms with Gasteiger partial charge in [-0.15, -0.1) is 0 Å². The van der Waals surface area contributed by atoms with Gasteiger partial charge in [-0.05, 0) is 30.0 Å². The van der Waals surface area contributed by atoms with Crippen LogP contribution >= 0.6 is 0 Å². The van der Waals surface area contributed by atoms with Crippen LogP contribution < -0.4 is 5.32 Å². The maximum atomic E-state index is 11.0. The van der Waals surface area contributed by atoms with Crippen LogP contribution in [0.2, 0.25) is 0 Å². The Morgan fingerprint density at radius 2 is 1.86 bits per heavy atom. The molecule has 4 heteroatoms. The molecule has 0 atom stereocenters. The maximum Gasteiger partial charge on any atom is 0.272 e. The Hall–Kier alpha value is -2.36. The molecule has 1 N–H and O–H groups in total. The molecule has 0 spiro atoms. The van der Waals surface area contributed by atoms with E-state index in [1.807, 2.05) is 24.3 Å². The van der Waals surface area contributed by atoms with Gasteiger partial charge in [0.15, 0.2) is 0 Å². The number of hydrogen-bond donors (Lipinski definition) is 1. The molecule has 0 aromatic heterocycles. The van der Waals surface area contributed by atoms with Crippen LogP contribution in [0.5, 0.6) is 0 Å². The number of nitrogens with zero attached hydrogens (tertiary/aromatic N) is 1. The van der Waals surface area contributed by atoms with Crippen LogP contribution in [0.4, 0.5) is 11.4 Å². The highest BCUT2D eigenvalue weighted by atomic mass is 16.6. The van der Waals surface area contributed by atoms with Gasteiger partial charge in [0.2, 0.25) is 0 Å². The number of anilines is 1. The fourth-order valence-electron chi connectivity index (χ4n) is 2.41. The van der Waals surface area contributed by atoms with Crippen molar-refractivity contribution in [2.75, 3.05) is 5.32 Å². The van der Waals surface area contributed by atoms with Gasteiger partial charge in [-0.25, -0.2) is 0 Å². The van der Waals surface area contributed by atoms with Crippen LogP contribution in [-0.2, 0) is 6.54 Å². The molecule has 110 valence electrons. The predicted molar refractivity (Wildman–Crippen MR) is 85.7 cm³/mol. The van der Waals surface area contributed by atoms with Gasteiger partial charge in [-0.3, -0.25) is 10.1 Å². The standard InChI is InChI=1S/C17H20N2O2/c1-12(2)15-8-4-5-9-16(15)18-11-14-7-6-10-17(13(14)3)19(20)21/h4-10,12,18H,11H2,1-3H3. The first-order valence-electron chi connectivity index (χ1n) is 7.06. The molecule has 0 bridgehead atoms. The number of nitro groups is 1. The Bertz CT molecular complexity index is 651. The third-order valence-corrected chi connectivity index (χ3v) is 3.67. The Labute approximate surface area is 125 Å². The van der Waals surface area contributed by atoms with Gasteiger partial charge in [0.05, 0.1) is 4.92 Å². The summed E-state index contributed by atoms with van der Waals surface area (Å²) >= 11 is 0. The van der Waals surface area contributed by atoms with Gasteiger partial charge >= 0.3 is 0 Å². The Morgan fingerprint density at radius 3 is 2.52 bits per heavy atom. The van der Waals surface area contributed by atoms with Crippen molar-refractivity contribution in [3.8, 4) is 0 Å². The molecule has 0 fully saturated rings. The number of rotatable bonds is 5. The summed E-state index contributed by atoms with van der Waals surface area (Å²) in [6.45, 7) is 6.68. The molecule has 0 aliphatic rings. The third-order valence-electron chi connectivity index (χ3n) is 3.67. The first-order valence-corrected chi connectivity index (χ1v) is 7.06. The van der Waals surface area contributed by atoms with Crippen molar-refractivity contribution in [3.63, 3.8) is 0 Å². The smallest absolute Gasteiger partial charge is 0.272 e. The van der Waals surface area contributed by atoms with Crippen LogP contribution in [-0.4, -0.2) is 4.92 Å². The van der Waals surface area contributed by atoms with E-state index in [2.05, 4.69) is 25.2 Å². The normalized spacial score (nSPS) is 10.7. The van der Waals surface area contributed by atoms with E-state index in [-0.39, 0.29) is 10.6 Å². The molecule has 0 saturated heterocycles. The lowest BCUT2D eigenvalue weighted by atomic mass is 10.0. The van der Waals surface area contributed by atoms with Crippen molar-refractivity contribution in [3.05, 3.63) is 69.3 Å². The molecule has 4 nitrogen and oxygen atoms in total. The van der Waals surface area contributed by atoms with Crippen LogP contribution in [0, 0.1) is 17.0 Å². The molecule has 0 unspecified atom stereocenters. The number of hydrogen-bond acceptors (Lipinski definition) is 3. The summed E-state index contributed by atoms with van der Waals surface area (Å²) in [5.41, 5.74) is 4.17. The molecule has 0 saturated carbocycles. The van der Waals surface area contributed by atoms with Crippen LogP contribution in [0.15, 0.2) is 42.5 Å². The Kier molecular flexibility index (Phi) is 4.58. The molecule has 2 aromatic carbocycles. The SMILES string of the molecule is Cc1c(CNc2ccccc2C(C)C)cccc1[N+](=O)[O-]. The Balaban J connectivity index is 2.21. The topological polar surface area (TPSA) is 55.2 Å². The highest BCUT2D eigenvalue weighted by Gasteiger charge is 2.13. The number of benzene rings is 2. The monoisotopic (exact) mass is 284 g/mol. The Morgan fingerprint density at radius 1 is 1.14 bits per heavy atom.